The van der Waals surface area contributed by atoms with Crippen LogP contribution in [0.1, 0.15) is 5.56 Å². The van der Waals surface area contributed by atoms with Crippen molar-refractivity contribution < 1.29 is 14.4 Å². The zero-order valence-electron chi connectivity index (χ0n) is 11.3. The summed E-state index contributed by atoms with van der Waals surface area (Å²) in [6.45, 7) is 0.0294. The van der Waals surface area contributed by atoms with Crippen molar-refractivity contribution in [3.63, 3.8) is 0 Å². The monoisotopic (exact) mass is 363 g/mol. The molecule has 3 N–H and O–H groups in total. The highest BCUT2D eigenvalue weighted by molar-refractivity contribution is 5.87. The van der Waals surface area contributed by atoms with Crippen LogP contribution < -0.4 is 20.7 Å². The number of aromatic nitrogens is 3. The van der Waals surface area contributed by atoms with E-state index in [0.717, 1.165) is 4.68 Å². The summed E-state index contributed by atoms with van der Waals surface area (Å²) in [5.74, 6) is 6.42. The molecule has 0 amide bonds. The van der Waals surface area contributed by atoms with Crippen LogP contribution in [0.25, 0.3) is 0 Å². The van der Waals surface area contributed by atoms with E-state index in [2.05, 4.69) is 20.7 Å². The second-order valence-electron chi connectivity index (χ2n) is 3.95. The van der Waals surface area contributed by atoms with Crippen molar-refractivity contribution in [2.75, 3.05) is 18.1 Å². The number of anilines is 1. The minimum absolute atomic E-state index is 0. The van der Waals surface area contributed by atoms with E-state index >= 15 is 0 Å². The highest BCUT2D eigenvalue weighted by atomic mass is 35.5. The van der Waals surface area contributed by atoms with Gasteiger partial charge in [-0.25, -0.2) is 10.1 Å². The molecule has 0 unspecified atom stereocenters. The summed E-state index contributed by atoms with van der Waals surface area (Å²) in [6.07, 6.45) is 2.54. The summed E-state index contributed by atoms with van der Waals surface area (Å²) < 4.78 is 11.4. The Kier molecular flexibility index (Phi) is 5.93. The number of nitro benzene ring substituents is 1. The normalized spacial score (nSPS) is 11.7. The second kappa shape index (κ2) is 7.47. The molecule has 0 aliphatic carbocycles. The lowest BCUT2D eigenvalue weighted by molar-refractivity contribution is -0.385. The van der Waals surface area contributed by atoms with Crippen LogP contribution in [0.4, 0.5) is 11.6 Å². The minimum atomic E-state index is -0.533. The number of rotatable bonds is 4. The van der Waals surface area contributed by atoms with Gasteiger partial charge in [-0.2, -0.15) is 5.10 Å². The van der Waals surface area contributed by atoms with Crippen molar-refractivity contribution in [1.29, 1.82) is 0 Å². The van der Waals surface area contributed by atoms with Gasteiger partial charge in [0.15, 0.2) is 11.5 Å². The summed E-state index contributed by atoms with van der Waals surface area (Å²) in [7, 11) is 0. The van der Waals surface area contributed by atoms with Gasteiger partial charge in [-0.15, -0.1) is 35.0 Å². The van der Waals surface area contributed by atoms with E-state index < -0.39 is 4.92 Å². The number of halogens is 2. The summed E-state index contributed by atoms with van der Waals surface area (Å²) >= 11 is 0. The largest absolute Gasteiger partial charge is 0.454 e. The summed E-state index contributed by atoms with van der Waals surface area (Å²) in [5.41, 5.74) is 2.61. The topological polar surface area (TPSA) is 143 Å². The Morgan fingerprint density at radius 3 is 2.70 bits per heavy atom. The van der Waals surface area contributed by atoms with Gasteiger partial charge in [-0.05, 0) is 6.07 Å². The number of hydrogen-bond donors (Lipinski definition) is 2. The molecular weight excluding hydrogens is 353 g/mol. The number of benzene rings is 1. The average molecular weight is 364 g/mol. The molecule has 23 heavy (non-hydrogen) atoms. The van der Waals surface area contributed by atoms with Crippen LogP contribution in [-0.4, -0.2) is 32.8 Å². The molecule has 1 aliphatic rings. The number of nitrogens with two attached hydrogens (primary N) is 1. The van der Waals surface area contributed by atoms with Gasteiger partial charge in [0.2, 0.25) is 6.79 Å². The molecule has 11 nitrogen and oxygen atoms in total. The van der Waals surface area contributed by atoms with Crippen LogP contribution in [0.15, 0.2) is 23.6 Å². The molecule has 0 saturated carbocycles. The standard InChI is InChI=1S/C10H9N7O4.2ClH/c11-16-4-13-15-10(16)14-12-3-6-1-8-9(21-5-20-8)2-7(6)17(18)19;;/h1-4H,5,11H2,(H,14,15);2*1H/b12-3+;;. The quantitative estimate of drug-likeness (QED) is 0.353. The number of nitrogens with zero attached hydrogens (tertiary/aromatic N) is 5. The van der Waals surface area contributed by atoms with Gasteiger partial charge in [0.05, 0.1) is 22.8 Å². The number of ether oxygens (including phenoxy) is 2. The molecule has 2 heterocycles. The molecule has 0 spiro atoms. The van der Waals surface area contributed by atoms with Gasteiger partial charge in [-0.3, -0.25) is 10.1 Å². The van der Waals surface area contributed by atoms with Gasteiger partial charge >= 0.3 is 0 Å². The Bertz CT molecular complexity index is 736. The van der Waals surface area contributed by atoms with Crippen LogP contribution in [-0.2, 0) is 0 Å². The average Bonchev–Trinajstić information content (AvgIpc) is 3.06. The molecule has 1 aromatic heterocycles. The minimum Gasteiger partial charge on any atom is -0.454 e. The fraction of sp³-hybridized carbons (Fsp3) is 0.100. The smallest absolute Gasteiger partial charge is 0.282 e. The fourth-order valence-corrected chi connectivity index (χ4v) is 1.69. The van der Waals surface area contributed by atoms with E-state index in [4.69, 9.17) is 15.3 Å². The van der Waals surface area contributed by atoms with Crippen molar-refractivity contribution in [3.8, 4) is 11.5 Å². The molecule has 124 valence electrons. The predicted octanol–water partition coefficient (Wildman–Crippen LogP) is 0.918. The number of fused-ring (bicyclic) bond motifs is 1. The van der Waals surface area contributed by atoms with Crippen LogP contribution in [0.2, 0.25) is 0 Å². The summed E-state index contributed by atoms with van der Waals surface area (Å²) in [4.78, 5) is 10.5. The number of nitro groups is 1. The van der Waals surface area contributed by atoms with E-state index in [1.165, 1.54) is 24.7 Å². The third-order valence-electron chi connectivity index (χ3n) is 2.66. The third kappa shape index (κ3) is 3.70. The first kappa shape index (κ1) is 18.3. The Hall–Kier alpha value is -2.79. The highest BCUT2D eigenvalue weighted by Crippen LogP contribution is 2.37. The molecule has 0 saturated heterocycles. The first-order valence-corrected chi connectivity index (χ1v) is 5.67. The molecular formula is C10H11Cl2N7O4. The van der Waals surface area contributed by atoms with Crippen LogP contribution >= 0.6 is 24.8 Å². The first-order valence-electron chi connectivity index (χ1n) is 5.67. The van der Waals surface area contributed by atoms with Crippen LogP contribution in [0.5, 0.6) is 11.5 Å². The van der Waals surface area contributed by atoms with Gasteiger partial charge in [0.1, 0.15) is 6.33 Å². The molecule has 0 atom stereocenters. The Morgan fingerprint density at radius 2 is 2.09 bits per heavy atom. The van der Waals surface area contributed by atoms with Crippen molar-refractivity contribution in [3.05, 3.63) is 34.1 Å². The van der Waals surface area contributed by atoms with Gasteiger partial charge in [0.25, 0.3) is 11.6 Å². The van der Waals surface area contributed by atoms with Crippen molar-refractivity contribution >= 4 is 42.7 Å². The van der Waals surface area contributed by atoms with Gasteiger partial charge in [-0.1, -0.05) is 0 Å². The SMILES string of the molecule is Cl.Cl.Nn1cnnc1N/N=C/c1cc2c(cc1[N+](=O)[O-])OCO2. The molecule has 3 rings (SSSR count). The van der Waals surface area contributed by atoms with E-state index in [-0.39, 0.29) is 48.8 Å². The van der Waals surface area contributed by atoms with Crippen LogP contribution in [0, 0.1) is 10.1 Å². The number of hydrazone groups is 1. The van der Waals surface area contributed by atoms with Gasteiger partial charge in [0, 0.05) is 0 Å². The van der Waals surface area contributed by atoms with Gasteiger partial charge < -0.3 is 15.3 Å². The molecule has 0 radical (unpaired) electrons. The van der Waals surface area contributed by atoms with Crippen molar-refractivity contribution in [2.24, 2.45) is 5.10 Å². The van der Waals surface area contributed by atoms with E-state index in [0.29, 0.717) is 11.5 Å². The Balaban J connectivity index is 0.00000132. The number of nitrogens with one attached hydrogen (secondary N) is 1. The van der Waals surface area contributed by atoms with Crippen LogP contribution in [0.3, 0.4) is 0 Å². The molecule has 1 aromatic carbocycles. The maximum Gasteiger partial charge on any atom is 0.282 e. The first-order chi connectivity index (χ1) is 10.1. The van der Waals surface area contributed by atoms with Crippen molar-refractivity contribution in [1.82, 2.24) is 14.9 Å². The predicted molar refractivity (Wildman–Crippen MR) is 85.1 cm³/mol. The van der Waals surface area contributed by atoms with E-state index in [1.807, 2.05) is 0 Å². The lowest BCUT2D eigenvalue weighted by Crippen LogP contribution is -2.10. The van der Waals surface area contributed by atoms with Crippen molar-refractivity contribution in [2.45, 2.75) is 0 Å². The highest BCUT2D eigenvalue weighted by Gasteiger charge is 2.22. The van der Waals surface area contributed by atoms with E-state index in [1.54, 1.807) is 0 Å². The molecule has 0 fully saturated rings. The maximum atomic E-state index is 11.0. The third-order valence-corrected chi connectivity index (χ3v) is 2.66. The van der Waals surface area contributed by atoms with E-state index in [9.17, 15) is 10.1 Å². The molecule has 0 bridgehead atoms. The molecule has 2 aromatic rings. The summed E-state index contributed by atoms with van der Waals surface area (Å²) in [5, 5.41) is 22.1. The number of nitrogen functional groups attached to an aromatic ring is 1. The zero-order chi connectivity index (χ0) is 14.8. The zero-order valence-corrected chi connectivity index (χ0v) is 12.9. The molecule has 13 heteroatoms. The number of hydrogen-bond acceptors (Lipinski definition) is 9. The Morgan fingerprint density at radius 1 is 1.39 bits per heavy atom. The maximum absolute atomic E-state index is 11.0. The fourth-order valence-electron chi connectivity index (χ4n) is 1.69. The lowest BCUT2D eigenvalue weighted by atomic mass is 10.1. The molecule has 1 aliphatic heterocycles. The lowest BCUT2D eigenvalue weighted by Gasteiger charge is -2.01. The second-order valence-corrected chi connectivity index (χ2v) is 3.95. The Labute approximate surface area is 141 Å². The summed E-state index contributed by atoms with van der Waals surface area (Å²) in [6, 6.07) is 2.76.